The van der Waals surface area contributed by atoms with Gasteiger partial charge < -0.3 is 9.72 Å². The van der Waals surface area contributed by atoms with E-state index in [4.69, 9.17) is 9.88 Å². The quantitative estimate of drug-likeness (QED) is 0.428. The maximum atomic E-state index is 12.5. The van der Waals surface area contributed by atoms with Gasteiger partial charge in [0, 0.05) is 27.1 Å². The number of nitrogens with one attached hydrogen (secondary N) is 1. The molecule has 3 N–H and O–H groups in total. The lowest BCUT2D eigenvalue weighted by atomic mass is 10.1. The average molecular weight is 465 g/mol. The first kappa shape index (κ1) is 20.2. The Labute approximate surface area is 170 Å². The molecule has 0 saturated carbocycles. The van der Waals surface area contributed by atoms with Gasteiger partial charge in [0.05, 0.1) is 10.5 Å². The molecule has 146 valence electrons. The third kappa shape index (κ3) is 4.01. The fourth-order valence-corrected chi connectivity index (χ4v) is 3.82. The van der Waals surface area contributed by atoms with E-state index in [9.17, 15) is 18.0 Å². The van der Waals surface area contributed by atoms with Gasteiger partial charge in [-0.15, -0.1) is 0 Å². The zero-order valence-corrected chi connectivity index (χ0v) is 17.3. The van der Waals surface area contributed by atoms with Gasteiger partial charge in [0.15, 0.2) is 6.61 Å². The summed E-state index contributed by atoms with van der Waals surface area (Å²) in [6.45, 7) is 1.54. The number of halogens is 1. The van der Waals surface area contributed by atoms with Crippen LogP contribution in [0.4, 0.5) is 0 Å². The molecule has 1 aromatic heterocycles. The van der Waals surface area contributed by atoms with Crippen LogP contribution in [-0.2, 0) is 21.2 Å². The molecule has 3 rings (SSSR count). The van der Waals surface area contributed by atoms with Crippen molar-refractivity contribution in [2.24, 2.45) is 5.14 Å². The summed E-state index contributed by atoms with van der Waals surface area (Å²) in [4.78, 5) is 27.7. The van der Waals surface area contributed by atoms with Crippen LogP contribution in [0.1, 0.15) is 33.2 Å². The number of ether oxygens (including phenoxy) is 1. The minimum atomic E-state index is -3.97. The predicted octanol–water partition coefficient (Wildman–Crippen LogP) is 3.18. The number of benzene rings is 2. The van der Waals surface area contributed by atoms with E-state index in [1.54, 1.807) is 6.20 Å². The molecule has 0 saturated heterocycles. The first-order valence-electron chi connectivity index (χ1n) is 8.34. The van der Waals surface area contributed by atoms with Crippen LogP contribution in [0, 0.1) is 0 Å². The molecule has 0 spiro atoms. The number of hydrogen-bond acceptors (Lipinski definition) is 5. The number of carbonyl (C=O) groups is 2. The number of aryl methyl sites for hydroxylation is 1. The molecule has 0 amide bonds. The molecule has 0 fully saturated rings. The first-order chi connectivity index (χ1) is 13.2. The molecule has 0 aliphatic carbocycles. The smallest absolute Gasteiger partial charge is 0.339 e. The molecule has 0 radical (unpaired) electrons. The van der Waals surface area contributed by atoms with Gasteiger partial charge in [-0.2, -0.15) is 0 Å². The third-order valence-electron chi connectivity index (χ3n) is 4.30. The van der Waals surface area contributed by atoms with Crippen LogP contribution in [0.25, 0.3) is 10.9 Å². The first-order valence-corrected chi connectivity index (χ1v) is 10.7. The monoisotopic (exact) mass is 464 g/mol. The Morgan fingerprint density at radius 3 is 2.61 bits per heavy atom. The summed E-state index contributed by atoms with van der Waals surface area (Å²) in [7, 11) is -3.97. The van der Waals surface area contributed by atoms with Gasteiger partial charge in [0.2, 0.25) is 15.8 Å². The number of aromatic amines is 1. The third-order valence-corrected chi connectivity index (χ3v) is 5.91. The van der Waals surface area contributed by atoms with Crippen LogP contribution in [-0.4, -0.2) is 31.8 Å². The standard InChI is InChI=1S/C19H17BrN2O5S/c1-2-11-4-3-5-13-15(9-22-18(11)13)17(23)10-27-19(24)14-8-12(28(21,25)26)6-7-16(14)20/h3-9,22H,2,10H2,1H3,(H2,21,25,26). The van der Waals surface area contributed by atoms with Crippen LogP contribution in [0.2, 0.25) is 0 Å². The number of primary sulfonamides is 1. The van der Waals surface area contributed by atoms with Crippen molar-refractivity contribution in [3.8, 4) is 0 Å². The number of carbonyl (C=O) groups excluding carboxylic acids is 2. The predicted molar refractivity (Wildman–Crippen MR) is 108 cm³/mol. The lowest BCUT2D eigenvalue weighted by Gasteiger charge is -2.07. The van der Waals surface area contributed by atoms with Gasteiger partial charge in [-0.05, 0) is 46.1 Å². The number of nitrogens with two attached hydrogens (primary N) is 1. The highest BCUT2D eigenvalue weighted by atomic mass is 79.9. The molecule has 0 aliphatic heterocycles. The lowest BCUT2D eigenvalue weighted by molar-refractivity contribution is 0.0474. The topological polar surface area (TPSA) is 119 Å². The van der Waals surface area contributed by atoms with Crippen LogP contribution in [0.5, 0.6) is 0 Å². The van der Waals surface area contributed by atoms with Crippen molar-refractivity contribution in [3.05, 3.63) is 63.8 Å². The van der Waals surface area contributed by atoms with Crippen molar-refractivity contribution in [3.63, 3.8) is 0 Å². The number of hydrogen-bond donors (Lipinski definition) is 2. The van der Waals surface area contributed by atoms with Crippen LogP contribution in [0.3, 0.4) is 0 Å². The Morgan fingerprint density at radius 2 is 1.93 bits per heavy atom. The summed E-state index contributed by atoms with van der Waals surface area (Å²) in [5, 5.41) is 5.85. The van der Waals surface area contributed by atoms with Crippen molar-refractivity contribution in [1.82, 2.24) is 4.98 Å². The number of H-pyrrole nitrogens is 1. The maximum Gasteiger partial charge on any atom is 0.339 e. The van der Waals surface area contributed by atoms with Gasteiger partial charge in [-0.1, -0.05) is 25.1 Å². The summed E-state index contributed by atoms with van der Waals surface area (Å²) in [5.74, 6) is -1.20. The molecule has 0 aliphatic rings. The van der Waals surface area contributed by atoms with E-state index in [-0.39, 0.29) is 16.2 Å². The largest absolute Gasteiger partial charge is 0.454 e. The Morgan fingerprint density at radius 1 is 1.18 bits per heavy atom. The molecule has 1 heterocycles. The SMILES string of the molecule is CCc1cccc2c(C(=O)COC(=O)c3cc(S(N)(=O)=O)ccc3Br)c[nH]c12. The normalized spacial score (nSPS) is 11.5. The van der Waals surface area contributed by atoms with Crippen molar-refractivity contribution in [2.75, 3.05) is 6.61 Å². The van der Waals surface area contributed by atoms with Gasteiger partial charge in [-0.3, -0.25) is 4.79 Å². The fourth-order valence-electron chi connectivity index (χ4n) is 2.87. The second-order valence-corrected chi connectivity index (χ2v) is 8.50. The molecule has 3 aromatic rings. The molecule has 7 nitrogen and oxygen atoms in total. The van der Waals surface area contributed by atoms with Crippen molar-refractivity contribution >= 4 is 48.6 Å². The Hall–Kier alpha value is -2.49. The van der Waals surface area contributed by atoms with Crippen molar-refractivity contribution < 1.29 is 22.7 Å². The highest BCUT2D eigenvalue weighted by Gasteiger charge is 2.19. The molecule has 9 heteroatoms. The number of esters is 1. The number of aromatic nitrogens is 1. The number of sulfonamides is 1. The second-order valence-electron chi connectivity index (χ2n) is 6.08. The van der Waals surface area contributed by atoms with E-state index < -0.39 is 22.6 Å². The summed E-state index contributed by atoms with van der Waals surface area (Å²) in [6.07, 6.45) is 2.41. The van der Waals surface area contributed by atoms with Crippen molar-refractivity contribution in [1.29, 1.82) is 0 Å². The maximum absolute atomic E-state index is 12.5. The summed E-state index contributed by atoms with van der Waals surface area (Å²) in [6, 6.07) is 9.41. The summed E-state index contributed by atoms with van der Waals surface area (Å²) >= 11 is 3.17. The minimum Gasteiger partial charge on any atom is -0.454 e. The van der Waals surface area contributed by atoms with Gasteiger partial charge >= 0.3 is 5.97 Å². The highest BCUT2D eigenvalue weighted by molar-refractivity contribution is 9.10. The molecule has 28 heavy (non-hydrogen) atoms. The van der Waals surface area contributed by atoms with Gasteiger partial charge in [0.25, 0.3) is 0 Å². The van der Waals surface area contributed by atoms with E-state index >= 15 is 0 Å². The van der Waals surface area contributed by atoms with Gasteiger partial charge in [-0.25, -0.2) is 18.4 Å². The van der Waals surface area contributed by atoms with E-state index in [1.165, 1.54) is 12.1 Å². The Balaban J connectivity index is 1.80. The van der Waals surface area contributed by atoms with Gasteiger partial charge in [0.1, 0.15) is 0 Å². The zero-order chi connectivity index (χ0) is 20.5. The highest BCUT2D eigenvalue weighted by Crippen LogP contribution is 2.24. The fraction of sp³-hybridized carbons (Fsp3) is 0.158. The average Bonchev–Trinajstić information content (AvgIpc) is 3.09. The summed E-state index contributed by atoms with van der Waals surface area (Å²) in [5.41, 5.74) is 2.35. The van der Waals surface area contributed by atoms with E-state index in [0.29, 0.717) is 10.0 Å². The molecular formula is C19H17BrN2O5S. The number of fused-ring (bicyclic) bond motifs is 1. The van der Waals surface area contributed by atoms with Crippen LogP contribution in [0.15, 0.2) is 52.0 Å². The second kappa shape index (κ2) is 7.86. The van der Waals surface area contributed by atoms with Crippen molar-refractivity contribution in [2.45, 2.75) is 18.2 Å². The summed E-state index contributed by atoms with van der Waals surface area (Å²) < 4.78 is 28.4. The molecule has 2 aromatic carbocycles. The number of ketones is 1. The van der Waals surface area contributed by atoms with E-state index in [2.05, 4.69) is 20.9 Å². The molecule has 0 unspecified atom stereocenters. The van der Waals surface area contributed by atoms with Crippen LogP contribution >= 0.6 is 15.9 Å². The molecular weight excluding hydrogens is 448 g/mol. The minimum absolute atomic E-state index is 0.0356. The number of rotatable bonds is 6. The number of Topliss-reactive ketones (excluding diaryl/α,β-unsaturated/α-hetero) is 1. The Bertz CT molecular complexity index is 1180. The van der Waals surface area contributed by atoms with E-state index in [0.717, 1.165) is 29.0 Å². The zero-order valence-electron chi connectivity index (χ0n) is 14.9. The van der Waals surface area contributed by atoms with E-state index in [1.807, 2.05) is 25.1 Å². The lowest BCUT2D eigenvalue weighted by Crippen LogP contribution is -2.16. The number of para-hydroxylation sites is 1. The molecule has 0 atom stereocenters. The Kier molecular flexibility index (Phi) is 5.69. The molecule has 0 bridgehead atoms. The van der Waals surface area contributed by atoms with Crippen LogP contribution < -0.4 is 5.14 Å².